The zero-order chi connectivity index (χ0) is 26.1. The number of halogens is 2. The number of rotatable bonds is 6. The smallest absolute Gasteiger partial charge is 0.254 e. The molecule has 1 saturated carbocycles. The molecule has 11 heteroatoms. The van der Waals surface area contributed by atoms with E-state index in [-0.39, 0.29) is 23.8 Å². The first-order valence-electron chi connectivity index (χ1n) is 12.8. The molecule has 2 aromatic rings. The summed E-state index contributed by atoms with van der Waals surface area (Å²) >= 11 is 6.38. The Morgan fingerprint density at radius 2 is 1.95 bits per heavy atom. The topological polar surface area (TPSA) is 102 Å². The summed E-state index contributed by atoms with van der Waals surface area (Å²) in [6.45, 7) is 1.73. The van der Waals surface area contributed by atoms with E-state index in [1.807, 2.05) is 30.1 Å². The van der Waals surface area contributed by atoms with E-state index in [2.05, 4.69) is 25.9 Å². The molecule has 5 rings (SSSR count). The van der Waals surface area contributed by atoms with E-state index in [9.17, 15) is 14.0 Å². The molecule has 0 radical (unpaired) electrons. The predicted octanol–water partition coefficient (Wildman–Crippen LogP) is 3.59. The maximum absolute atomic E-state index is 14.3. The third-order valence-corrected chi connectivity index (χ3v) is 7.88. The summed E-state index contributed by atoms with van der Waals surface area (Å²) in [6, 6.07) is 5.32. The largest absolute Gasteiger partial charge is 0.366 e. The Bertz CT molecular complexity index is 1170. The van der Waals surface area contributed by atoms with Crippen molar-refractivity contribution in [3.05, 3.63) is 40.5 Å². The van der Waals surface area contributed by atoms with Crippen LogP contribution in [0.25, 0.3) is 0 Å². The van der Waals surface area contributed by atoms with Crippen molar-refractivity contribution in [3.8, 4) is 0 Å². The van der Waals surface area contributed by atoms with Crippen LogP contribution in [-0.2, 0) is 11.3 Å². The van der Waals surface area contributed by atoms with Crippen LogP contribution >= 0.6 is 11.6 Å². The molecular formula is C26H33ClFN7O2. The molecule has 3 aliphatic rings. The first-order chi connectivity index (χ1) is 17.8. The average Bonchev–Trinajstić information content (AvgIpc) is 3.16. The van der Waals surface area contributed by atoms with Gasteiger partial charge in [0.05, 0.1) is 12.2 Å². The fourth-order valence-corrected chi connectivity index (χ4v) is 5.56. The van der Waals surface area contributed by atoms with Gasteiger partial charge in [0.1, 0.15) is 11.2 Å². The summed E-state index contributed by atoms with van der Waals surface area (Å²) in [5.74, 6) is 0.820. The molecule has 2 atom stereocenters. The number of nitrogens with zero attached hydrogens (tertiary/aromatic N) is 4. The lowest BCUT2D eigenvalue weighted by atomic mass is 9.85. The Balaban J connectivity index is 1.15. The van der Waals surface area contributed by atoms with Gasteiger partial charge in [0, 0.05) is 49.9 Å². The predicted molar refractivity (Wildman–Crippen MR) is 141 cm³/mol. The molecule has 0 bridgehead atoms. The van der Waals surface area contributed by atoms with Gasteiger partial charge in [0.15, 0.2) is 5.82 Å². The number of aromatic nitrogens is 2. The number of hydrogen-bond acceptors (Lipinski definition) is 7. The van der Waals surface area contributed by atoms with Crippen LogP contribution in [0.5, 0.6) is 0 Å². The lowest BCUT2D eigenvalue weighted by Crippen LogP contribution is -2.52. The van der Waals surface area contributed by atoms with Gasteiger partial charge in [0.2, 0.25) is 11.9 Å². The zero-order valence-corrected chi connectivity index (χ0v) is 21.9. The number of carbonyl (C=O) groups is 2. The van der Waals surface area contributed by atoms with Gasteiger partial charge in [-0.25, -0.2) is 9.37 Å². The summed E-state index contributed by atoms with van der Waals surface area (Å²) in [5.41, 5.74) is 2.47. The molecule has 1 aromatic heterocycles. The van der Waals surface area contributed by atoms with Crippen LogP contribution in [0.15, 0.2) is 24.4 Å². The third kappa shape index (κ3) is 5.80. The Morgan fingerprint density at radius 3 is 2.70 bits per heavy atom. The highest BCUT2D eigenvalue weighted by Crippen LogP contribution is 2.30. The number of piperidine rings is 1. The van der Waals surface area contributed by atoms with Crippen molar-refractivity contribution in [2.75, 3.05) is 37.8 Å². The SMILES string of the molecule is CN1CC[C@@H](NC(=O)C2CCC(Nc3nc(Nc4ccc5c(c4)CN(C)C5=O)ncc3Cl)CC2)[C@@H](F)C1. The molecular weight excluding hydrogens is 497 g/mol. The molecule has 1 aromatic carbocycles. The number of amides is 2. The summed E-state index contributed by atoms with van der Waals surface area (Å²) in [5, 5.41) is 9.98. The van der Waals surface area contributed by atoms with Crippen LogP contribution in [0.1, 0.15) is 48.0 Å². The molecule has 37 heavy (non-hydrogen) atoms. The number of hydrogen-bond donors (Lipinski definition) is 3. The number of benzene rings is 1. The third-order valence-electron chi connectivity index (χ3n) is 7.60. The molecule has 2 aliphatic heterocycles. The van der Waals surface area contributed by atoms with Crippen molar-refractivity contribution < 1.29 is 14.0 Å². The van der Waals surface area contributed by atoms with E-state index in [0.717, 1.165) is 43.5 Å². The summed E-state index contributed by atoms with van der Waals surface area (Å²) in [4.78, 5) is 37.4. The second kappa shape index (κ2) is 10.8. The number of anilines is 3. The minimum atomic E-state index is -1.02. The fourth-order valence-electron chi connectivity index (χ4n) is 5.41. The monoisotopic (exact) mass is 529 g/mol. The highest BCUT2D eigenvalue weighted by Gasteiger charge is 2.33. The average molecular weight is 530 g/mol. The van der Waals surface area contributed by atoms with Gasteiger partial charge in [-0.05, 0) is 62.9 Å². The first-order valence-corrected chi connectivity index (χ1v) is 13.2. The number of carbonyl (C=O) groups excluding carboxylic acids is 2. The highest BCUT2D eigenvalue weighted by atomic mass is 35.5. The van der Waals surface area contributed by atoms with Gasteiger partial charge in [0.25, 0.3) is 5.91 Å². The molecule has 0 unspecified atom stereocenters. The minimum Gasteiger partial charge on any atom is -0.366 e. The van der Waals surface area contributed by atoms with Crippen LogP contribution in [-0.4, -0.2) is 77.0 Å². The van der Waals surface area contributed by atoms with Gasteiger partial charge >= 0.3 is 0 Å². The van der Waals surface area contributed by atoms with Crippen LogP contribution in [0.4, 0.5) is 21.8 Å². The molecule has 2 fully saturated rings. The van der Waals surface area contributed by atoms with Crippen molar-refractivity contribution in [3.63, 3.8) is 0 Å². The van der Waals surface area contributed by atoms with Crippen LogP contribution < -0.4 is 16.0 Å². The van der Waals surface area contributed by atoms with E-state index >= 15 is 0 Å². The van der Waals surface area contributed by atoms with Gasteiger partial charge < -0.3 is 25.8 Å². The molecule has 1 saturated heterocycles. The van der Waals surface area contributed by atoms with Crippen molar-refractivity contribution >= 4 is 40.9 Å². The quantitative estimate of drug-likeness (QED) is 0.525. The lowest BCUT2D eigenvalue weighted by Gasteiger charge is -2.34. The van der Waals surface area contributed by atoms with Crippen molar-refractivity contribution in [1.82, 2.24) is 25.1 Å². The van der Waals surface area contributed by atoms with Gasteiger partial charge in [-0.15, -0.1) is 0 Å². The molecule has 1 aliphatic carbocycles. The molecule has 2 amide bonds. The van der Waals surface area contributed by atoms with Crippen molar-refractivity contribution in [2.45, 2.75) is 56.9 Å². The maximum Gasteiger partial charge on any atom is 0.254 e. The Kier molecular flexibility index (Phi) is 7.48. The molecule has 0 spiro atoms. The highest BCUT2D eigenvalue weighted by molar-refractivity contribution is 6.32. The standard InChI is InChI=1S/C26H33ClFN7O2/c1-34-10-9-22(21(28)14-34)32-24(36)15-3-5-17(6-4-15)30-23-20(27)12-29-26(33-23)31-18-7-8-19-16(11-18)13-35(2)25(19)37/h7-8,11-12,15,17,21-22H,3-6,9-10,13-14H2,1-2H3,(H,32,36)(H2,29,30,31,33)/t15?,17?,21-,22+/m0/s1. The molecule has 3 N–H and O–H groups in total. The van der Waals surface area contributed by atoms with Gasteiger partial charge in [-0.3, -0.25) is 9.59 Å². The van der Waals surface area contributed by atoms with E-state index in [1.165, 1.54) is 0 Å². The Morgan fingerprint density at radius 1 is 1.16 bits per heavy atom. The summed E-state index contributed by atoms with van der Waals surface area (Å²) < 4.78 is 14.3. The van der Waals surface area contributed by atoms with Crippen LogP contribution in [0, 0.1) is 5.92 Å². The lowest BCUT2D eigenvalue weighted by molar-refractivity contribution is -0.127. The molecule has 3 heterocycles. The second-order valence-corrected chi connectivity index (χ2v) is 10.8. The number of alkyl halides is 1. The van der Waals surface area contributed by atoms with E-state index in [0.29, 0.717) is 41.9 Å². The first kappa shape index (κ1) is 25.7. The second-order valence-electron chi connectivity index (χ2n) is 10.4. The summed E-state index contributed by atoms with van der Waals surface area (Å²) in [6.07, 6.45) is 4.21. The number of fused-ring (bicyclic) bond motifs is 1. The van der Waals surface area contributed by atoms with Crippen LogP contribution in [0.2, 0.25) is 5.02 Å². The minimum absolute atomic E-state index is 0.0245. The number of nitrogens with one attached hydrogen (secondary N) is 3. The van der Waals surface area contributed by atoms with Gasteiger partial charge in [-0.2, -0.15) is 4.98 Å². The van der Waals surface area contributed by atoms with E-state index < -0.39 is 12.2 Å². The van der Waals surface area contributed by atoms with E-state index in [4.69, 9.17) is 11.6 Å². The maximum atomic E-state index is 14.3. The molecule has 9 nitrogen and oxygen atoms in total. The normalized spacial score (nSPS) is 26.1. The van der Waals surface area contributed by atoms with Gasteiger partial charge in [-0.1, -0.05) is 11.6 Å². The van der Waals surface area contributed by atoms with E-state index in [1.54, 1.807) is 18.1 Å². The summed E-state index contributed by atoms with van der Waals surface area (Å²) in [7, 11) is 3.68. The van der Waals surface area contributed by atoms with Crippen molar-refractivity contribution in [1.29, 1.82) is 0 Å². The van der Waals surface area contributed by atoms with Crippen molar-refractivity contribution in [2.24, 2.45) is 5.92 Å². The zero-order valence-electron chi connectivity index (χ0n) is 21.1. The Labute approximate surface area is 221 Å². The fraction of sp³-hybridized carbons (Fsp3) is 0.538. The Hall–Kier alpha value is -2.98. The number of likely N-dealkylation sites (tertiary alicyclic amines) is 1. The molecule has 198 valence electrons. The van der Waals surface area contributed by atoms with Crippen LogP contribution in [0.3, 0.4) is 0 Å².